The Kier molecular flexibility index (Phi) is 4.73. The lowest BCUT2D eigenvalue weighted by Gasteiger charge is -2.24. The van der Waals surface area contributed by atoms with E-state index in [4.69, 9.17) is 5.73 Å². The Bertz CT molecular complexity index is 411. The minimum absolute atomic E-state index is 0.0293. The number of nitrogens with zero attached hydrogens (tertiary/aromatic N) is 1. The molecule has 0 saturated carbocycles. The van der Waals surface area contributed by atoms with Crippen LogP contribution in [0.25, 0.3) is 0 Å². The number of phenolic OH excluding ortho intramolecular Hbond substituents is 1. The van der Waals surface area contributed by atoms with Crippen LogP contribution in [-0.2, 0) is 4.79 Å². The average Bonchev–Trinajstić information content (AvgIpc) is 2.26. The lowest BCUT2D eigenvalue weighted by atomic mass is 9.99. The molecule has 0 fully saturated rings. The Hall–Kier alpha value is -1.55. The zero-order valence-corrected chi connectivity index (χ0v) is 11.3. The summed E-state index contributed by atoms with van der Waals surface area (Å²) in [6.07, 6.45) is 1.05. The highest BCUT2D eigenvalue weighted by Crippen LogP contribution is 2.21. The molecule has 0 unspecified atom stereocenters. The quantitative estimate of drug-likeness (QED) is 0.842. The molecule has 0 aliphatic rings. The first-order chi connectivity index (χ1) is 8.33. The topological polar surface area (TPSA) is 66.6 Å². The van der Waals surface area contributed by atoms with Gasteiger partial charge in [0.2, 0.25) is 5.91 Å². The second-order valence-electron chi connectivity index (χ2n) is 5.15. The fraction of sp³-hybridized carbons (Fsp3) is 0.500. The van der Waals surface area contributed by atoms with Gasteiger partial charge in [0.25, 0.3) is 0 Å². The number of benzene rings is 1. The maximum atomic E-state index is 12.1. The number of nitrogens with two attached hydrogens (primary N) is 1. The lowest BCUT2D eigenvalue weighted by molar-refractivity contribution is -0.118. The van der Waals surface area contributed by atoms with E-state index >= 15 is 0 Å². The molecule has 100 valence electrons. The van der Waals surface area contributed by atoms with Crippen LogP contribution >= 0.6 is 0 Å². The smallest absolute Gasteiger partial charge is 0.227 e. The summed E-state index contributed by atoms with van der Waals surface area (Å²) in [5.41, 5.74) is 6.26. The van der Waals surface area contributed by atoms with Crippen molar-refractivity contribution in [3.8, 4) is 5.75 Å². The van der Waals surface area contributed by atoms with Crippen molar-refractivity contribution in [3.63, 3.8) is 0 Å². The summed E-state index contributed by atoms with van der Waals surface area (Å²) in [6.45, 7) is 6.30. The van der Waals surface area contributed by atoms with E-state index in [-0.39, 0.29) is 17.2 Å². The lowest BCUT2D eigenvalue weighted by Crippen LogP contribution is -2.36. The Morgan fingerprint density at radius 1 is 1.44 bits per heavy atom. The first kappa shape index (κ1) is 14.5. The van der Waals surface area contributed by atoms with Crippen molar-refractivity contribution in [2.24, 2.45) is 5.73 Å². The van der Waals surface area contributed by atoms with Crippen LogP contribution in [0.15, 0.2) is 24.3 Å². The zero-order chi connectivity index (χ0) is 13.8. The van der Waals surface area contributed by atoms with Crippen LogP contribution in [0.4, 0.5) is 5.69 Å². The van der Waals surface area contributed by atoms with Gasteiger partial charge in [-0.25, -0.2) is 0 Å². The summed E-state index contributed by atoms with van der Waals surface area (Å²) in [4.78, 5) is 13.8. The predicted octanol–water partition coefficient (Wildman–Crippen LogP) is 2.26. The van der Waals surface area contributed by atoms with Crippen LogP contribution < -0.4 is 10.6 Å². The normalized spacial score (nSPS) is 11.3. The van der Waals surface area contributed by atoms with E-state index in [2.05, 4.69) is 0 Å². The van der Waals surface area contributed by atoms with Crippen LogP contribution in [0.2, 0.25) is 0 Å². The van der Waals surface area contributed by atoms with E-state index in [1.54, 1.807) is 23.1 Å². The van der Waals surface area contributed by atoms with Crippen molar-refractivity contribution < 1.29 is 9.90 Å². The van der Waals surface area contributed by atoms with E-state index in [0.29, 0.717) is 19.4 Å². The first-order valence-corrected chi connectivity index (χ1v) is 6.22. The predicted molar refractivity (Wildman–Crippen MR) is 73.6 cm³/mol. The molecule has 0 bridgehead atoms. The van der Waals surface area contributed by atoms with Gasteiger partial charge in [0.05, 0.1) is 0 Å². The molecule has 3 N–H and O–H groups in total. The second kappa shape index (κ2) is 5.87. The van der Waals surface area contributed by atoms with Gasteiger partial charge in [-0.3, -0.25) is 4.79 Å². The summed E-state index contributed by atoms with van der Waals surface area (Å²) in [6, 6.07) is 6.72. The molecule has 4 heteroatoms. The average molecular weight is 250 g/mol. The van der Waals surface area contributed by atoms with Crippen molar-refractivity contribution in [3.05, 3.63) is 24.3 Å². The van der Waals surface area contributed by atoms with Gasteiger partial charge in [-0.2, -0.15) is 0 Å². The van der Waals surface area contributed by atoms with Gasteiger partial charge in [-0.15, -0.1) is 0 Å². The number of carbonyl (C=O) groups excluding carboxylic acids is 1. The monoisotopic (exact) mass is 250 g/mol. The number of hydrogen-bond acceptors (Lipinski definition) is 3. The van der Waals surface area contributed by atoms with E-state index in [1.807, 2.05) is 26.8 Å². The molecule has 1 rings (SSSR count). The minimum atomic E-state index is -0.339. The molecule has 1 aromatic rings. The third-order valence-electron chi connectivity index (χ3n) is 2.74. The van der Waals surface area contributed by atoms with Crippen molar-refractivity contribution in [2.75, 3.05) is 11.4 Å². The number of aromatic hydroxyl groups is 1. The summed E-state index contributed by atoms with van der Waals surface area (Å²) in [5, 5.41) is 9.44. The van der Waals surface area contributed by atoms with Crippen LogP contribution in [0.1, 0.15) is 33.6 Å². The molecule has 0 atom stereocenters. The van der Waals surface area contributed by atoms with Gasteiger partial charge in [-0.05, 0) is 39.3 Å². The molecule has 0 aromatic heterocycles. The molecule has 18 heavy (non-hydrogen) atoms. The van der Waals surface area contributed by atoms with Gasteiger partial charge < -0.3 is 15.7 Å². The number of rotatable bonds is 5. The molecule has 0 heterocycles. The highest BCUT2D eigenvalue weighted by molar-refractivity contribution is 5.93. The molecular formula is C14H22N2O2. The number of amides is 1. The summed E-state index contributed by atoms with van der Waals surface area (Å²) in [5.74, 6) is 0.194. The van der Waals surface area contributed by atoms with E-state index in [1.165, 1.54) is 0 Å². The van der Waals surface area contributed by atoms with Gasteiger partial charge in [0.15, 0.2) is 0 Å². The molecule has 0 radical (unpaired) electrons. The Morgan fingerprint density at radius 2 is 2.11 bits per heavy atom. The van der Waals surface area contributed by atoms with E-state index < -0.39 is 0 Å². The van der Waals surface area contributed by atoms with Gasteiger partial charge in [0, 0.05) is 30.3 Å². The number of anilines is 1. The largest absolute Gasteiger partial charge is 0.508 e. The first-order valence-electron chi connectivity index (χ1n) is 6.22. The molecule has 0 spiro atoms. The Morgan fingerprint density at radius 3 is 2.61 bits per heavy atom. The fourth-order valence-electron chi connectivity index (χ4n) is 1.73. The zero-order valence-electron chi connectivity index (χ0n) is 11.3. The van der Waals surface area contributed by atoms with Crippen molar-refractivity contribution in [2.45, 2.75) is 39.2 Å². The number of phenols is 1. The molecular weight excluding hydrogens is 228 g/mol. The van der Waals surface area contributed by atoms with Gasteiger partial charge in [0.1, 0.15) is 5.75 Å². The Labute approximate surface area is 108 Å². The minimum Gasteiger partial charge on any atom is -0.508 e. The summed E-state index contributed by atoms with van der Waals surface area (Å²) >= 11 is 0. The Balaban J connectivity index is 2.75. The molecule has 0 aliphatic carbocycles. The van der Waals surface area contributed by atoms with Crippen LogP contribution in [0, 0.1) is 0 Å². The van der Waals surface area contributed by atoms with Crippen LogP contribution in [-0.4, -0.2) is 23.1 Å². The standard InChI is InChI=1S/C14H22N2O2/c1-4-16(11-6-5-7-12(17)10-11)13(18)8-9-14(2,3)15/h5-7,10,17H,4,8-9,15H2,1-3H3. The third kappa shape index (κ3) is 4.37. The molecule has 0 saturated heterocycles. The maximum Gasteiger partial charge on any atom is 0.227 e. The highest BCUT2D eigenvalue weighted by Gasteiger charge is 2.18. The van der Waals surface area contributed by atoms with Gasteiger partial charge in [-0.1, -0.05) is 6.07 Å². The third-order valence-corrected chi connectivity index (χ3v) is 2.74. The number of carbonyl (C=O) groups is 1. The van der Waals surface area contributed by atoms with Gasteiger partial charge >= 0.3 is 0 Å². The van der Waals surface area contributed by atoms with Crippen LogP contribution in [0.5, 0.6) is 5.75 Å². The molecule has 1 aromatic carbocycles. The van der Waals surface area contributed by atoms with E-state index in [9.17, 15) is 9.90 Å². The SMILES string of the molecule is CCN(C(=O)CCC(C)(C)N)c1cccc(O)c1. The van der Waals surface area contributed by atoms with Crippen LogP contribution in [0.3, 0.4) is 0 Å². The highest BCUT2D eigenvalue weighted by atomic mass is 16.3. The second-order valence-corrected chi connectivity index (χ2v) is 5.15. The van der Waals surface area contributed by atoms with Crippen molar-refractivity contribution in [1.29, 1.82) is 0 Å². The molecule has 1 amide bonds. The number of hydrogen-bond donors (Lipinski definition) is 2. The summed E-state index contributed by atoms with van der Waals surface area (Å²) < 4.78 is 0. The molecule has 4 nitrogen and oxygen atoms in total. The van der Waals surface area contributed by atoms with Crippen molar-refractivity contribution >= 4 is 11.6 Å². The summed E-state index contributed by atoms with van der Waals surface area (Å²) in [7, 11) is 0. The molecule has 0 aliphatic heterocycles. The maximum absolute atomic E-state index is 12.1. The van der Waals surface area contributed by atoms with Crippen molar-refractivity contribution in [1.82, 2.24) is 0 Å². The van der Waals surface area contributed by atoms with E-state index in [0.717, 1.165) is 5.69 Å². The fourth-order valence-corrected chi connectivity index (χ4v) is 1.73.